The highest BCUT2D eigenvalue weighted by Crippen LogP contribution is 2.44. The number of para-hydroxylation sites is 1. The molecule has 1 atom stereocenters. The maximum atomic E-state index is 13.6. The molecule has 0 aliphatic carbocycles. The average Bonchev–Trinajstić information content (AvgIpc) is 3.31. The lowest BCUT2D eigenvalue weighted by molar-refractivity contribution is 0.0655. The van der Waals surface area contributed by atoms with Crippen LogP contribution >= 0.6 is 23.2 Å². The second-order valence-electron chi connectivity index (χ2n) is 8.49. The summed E-state index contributed by atoms with van der Waals surface area (Å²) >= 11 is 12.8. The first-order valence-corrected chi connectivity index (χ1v) is 11.7. The third-order valence-corrected chi connectivity index (χ3v) is 6.63. The molecule has 5 rings (SSSR count). The van der Waals surface area contributed by atoms with Gasteiger partial charge in [-0.15, -0.1) is 0 Å². The van der Waals surface area contributed by atoms with Crippen molar-refractivity contribution in [2.75, 3.05) is 0 Å². The first kappa shape index (κ1) is 21.7. The molecule has 166 valence electrons. The third-order valence-electron chi connectivity index (χ3n) is 6.05. The Bertz CT molecular complexity index is 1310. The van der Waals surface area contributed by atoms with Crippen LogP contribution in [0, 0.1) is 0 Å². The van der Waals surface area contributed by atoms with E-state index in [-0.39, 0.29) is 18.0 Å². The standard InChI is InChI=1S/C27H23Cl2N3O/c1-17(2)31-23(16-18-8-4-3-5-9-18)24-25(27(31)33)30-32(22-11-7-6-10-21(22)29)26(24)19-12-14-20(28)15-13-19/h3-15,17,23H,16H2,1-2H3. The van der Waals surface area contributed by atoms with Gasteiger partial charge in [0.15, 0.2) is 5.69 Å². The van der Waals surface area contributed by atoms with E-state index in [9.17, 15) is 4.79 Å². The van der Waals surface area contributed by atoms with Crippen molar-refractivity contribution in [1.82, 2.24) is 14.7 Å². The van der Waals surface area contributed by atoms with Gasteiger partial charge in [0.05, 0.1) is 22.4 Å². The summed E-state index contributed by atoms with van der Waals surface area (Å²) in [6.07, 6.45) is 0.701. The van der Waals surface area contributed by atoms with E-state index < -0.39 is 0 Å². The molecule has 1 aliphatic heterocycles. The van der Waals surface area contributed by atoms with Crippen molar-refractivity contribution in [2.24, 2.45) is 0 Å². The molecule has 1 aliphatic rings. The SMILES string of the molecule is CC(C)N1C(=O)c2nn(-c3ccccc3Cl)c(-c3ccc(Cl)cc3)c2C1Cc1ccccc1. The van der Waals surface area contributed by atoms with Crippen molar-refractivity contribution in [3.8, 4) is 16.9 Å². The quantitative estimate of drug-likeness (QED) is 0.311. The highest BCUT2D eigenvalue weighted by atomic mass is 35.5. The van der Waals surface area contributed by atoms with Gasteiger partial charge < -0.3 is 4.90 Å². The van der Waals surface area contributed by atoms with E-state index >= 15 is 0 Å². The Hall–Kier alpha value is -3.08. The van der Waals surface area contributed by atoms with Gasteiger partial charge in [-0.25, -0.2) is 4.68 Å². The largest absolute Gasteiger partial charge is 0.327 e. The van der Waals surface area contributed by atoms with Gasteiger partial charge >= 0.3 is 0 Å². The molecule has 0 radical (unpaired) electrons. The molecule has 6 heteroatoms. The Morgan fingerprint density at radius 3 is 2.24 bits per heavy atom. The van der Waals surface area contributed by atoms with E-state index in [4.69, 9.17) is 28.3 Å². The van der Waals surface area contributed by atoms with Crippen LogP contribution in [0.3, 0.4) is 0 Å². The number of rotatable bonds is 5. The number of halogens is 2. The van der Waals surface area contributed by atoms with Crippen LogP contribution < -0.4 is 0 Å². The summed E-state index contributed by atoms with van der Waals surface area (Å²) in [6.45, 7) is 4.09. The van der Waals surface area contributed by atoms with Gasteiger partial charge in [-0.1, -0.05) is 77.8 Å². The molecular formula is C27H23Cl2N3O. The Morgan fingerprint density at radius 1 is 0.909 bits per heavy atom. The molecule has 0 saturated heterocycles. The molecule has 0 saturated carbocycles. The Balaban J connectivity index is 1.77. The number of fused-ring (bicyclic) bond motifs is 1. The maximum Gasteiger partial charge on any atom is 0.275 e. The zero-order chi connectivity index (χ0) is 23.1. The van der Waals surface area contributed by atoms with Crippen molar-refractivity contribution >= 4 is 29.1 Å². The summed E-state index contributed by atoms with van der Waals surface area (Å²) in [5.41, 5.74) is 5.12. The average molecular weight is 476 g/mol. The number of aromatic nitrogens is 2. The fourth-order valence-corrected chi connectivity index (χ4v) is 4.96. The van der Waals surface area contributed by atoms with Crippen molar-refractivity contribution in [3.05, 3.63) is 106 Å². The van der Waals surface area contributed by atoms with Crippen molar-refractivity contribution in [3.63, 3.8) is 0 Å². The van der Waals surface area contributed by atoms with Gasteiger partial charge in [0.1, 0.15) is 0 Å². The van der Waals surface area contributed by atoms with Crippen molar-refractivity contribution in [2.45, 2.75) is 32.4 Å². The normalized spacial score (nSPS) is 15.4. The second kappa shape index (κ2) is 8.69. The van der Waals surface area contributed by atoms with Crippen LogP contribution in [0.5, 0.6) is 0 Å². The fraction of sp³-hybridized carbons (Fsp3) is 0.185. The van der Waals surface area contributed by atoms with E-state index in [2.05, 4.69) is 12.1 Å². The molecule has 2 heterocycles. The van der Waals surface area contributed by atoms with Crippen LogP contribution in [0.25, 0.3) is 16.9 Å². The zero-order valence-corrected chi connectivity index (χ0v) is 19.9. The molecule has 0 fully saturated rings. The molecule has 0 bridgehead atoms. The highest BCUT2D eigenvalue weighted by molar-refractivity contribution is 6.32. The minimum Gasteiger partial charge on any atom is -0.327 e. The van der Waals surface area contributed by atoms with Crippen molar-refractivity contribution in [1.29, 1.82) is 0 Å². The number of carbonyl (C=O) groups is 1. The molecule has 4 nitrogen and oxygen atoms in total. The van der Waals surface area contributed by atoms with E-state index in [0.717, 1.165) is 22.5 Å². The number of carbonyl (C=O) groups excluding carboxylic acids is 1. The number of hydrogen-bond donors (Lipinski definition) is 0. The predicted molar refractivity (Wildman–Crippen MR) is 133 cm³/mol. The number of benzene rings is 3. The fourth-order valence-electron chi connectivity index (χ4n) is 4.62. The molecule has 0 N–H and O–H groups in total. The lowest BCUT2D eigenvalue weighted by atomic mass is 9.95. The van der Waals surface area contributed by atoms with E-state index in [1.54, 1.807) is 0 Å². The summed E-state index contributed by atoms with van der Waals surface area (Å²) in [7, 11) is 0. The van der Waals surface area contributed by atoms with Crippen LogP contribution in [0.2, 0.25) is 10.0 Å². The summed E-state index contributed by atoms with van der Waals surface area (Å²) in [5, 5.41) is 6.06. The first-order valence-electron chi connectivity index (χ1n) is 11.0. The Morgan fingerprint density at radius 2 is 1.58 bits per heavy atom. The van der Waals surface area contributed by atoms with Crippen LogP contribution in [-0.2, 0) is 6.42 Å². The molecule has 1 amide bonds. The monoisotopic (exact) mass is 475 g/mol. The third kappa shape index (κ3) is 3.84. The molecular weight excluding hydrogens is 453 g/mol. The Kier molecular flexibility index (Phi) is 5.73. The maximum absolute atomic E-state index is 13.6. The molecule has 1 aromatic heterocycles. The zero-order valence-electron chi connectivity index (χ0n) is 18.4. The molecule has 4 aromatic rings. The van der Waals surface area contributed by atoms with Crippen LogP contribution in [0.15, 0.2) is 78.9 Å². The second-order valence-corrected chi connectivity index (χ2v) is 9.34. The molecule has 0 spiro atoms. The summed E-state index contributed by atoms with van der Waals surface area (Å²) in [5.74, 6) is -0.0538. The topological polar surface area (TPSA) is 38.1 Å². The van der Waals surface area contributed by atoms with Gasteiger partial charge in [0.25, 0.3) is 5.91 Å². The Labute approximate surface area is 203 Å². The molecule has 1 unspecified atom stereocenters. The van der Waals surface area contributed by atoms with Crippen LogP contribution in [-0.4, -0.2) is 26.6 Å². The van der Waals surface area contributed by atoms with Crippen molar-refractivity contribution < 1.29 is 4.79 Å². The minimum atomic E-state index is -0.142. The lowest BCUT2D eigenvalue weighted by Crippen LogP contribution is -2.36. The van der Waals surface area contributed by atoms with Gasteiger partial charge in [0.2, 0.25) is 0 Å². The smallest absolute Gasteiger partial charge is 0.275 e. The van der Waals surface area contributed by atoms with Gasteiger partial charge in [-0.2, -0.15) is 5.10 Å². The first-order chi connectivity index (χ1) is 16.0. The van der Waals surface area contributed by atoms with Gasteiger partial charge in [-0.3, -0.25) is 4.79 Å². The number of hydrogen-bond acceptors (Lipinski definition) is 2. The summed E-state index contributed by atoms with van der Waals surface area (Å²) in [6, 6.07) is 25.4. The van der Waals surface area contributed by atoms with Crippen LogP contribution in [0.1, 0.15) is 41.5 Å². The number of amides is 1. The van der Waals surface area contributed by atoms with E-state index in [1.807, 2.05) is 90.2 Å². The molecule has 3 aromatic carbocycles. The lowest BCUT2D eigenvalue weighted by Gasteiger charge is -2.30. The summed E-state index contributed by atoms with van der Waals surface area (Å²) < 4.78 is 1.81. The predicted octanol–water partition coefficient (Wildman–Crippen LogP) is 6.99. The van der Waals surface area contributed by atoms with Gasteiger partial charge in [0, 0.05) is 22.2 Å². The van der Waals surface area contributed by atoms with E-state index in [1.165, 1.54) is 5.56 Å². The van der Waals surface area contributed by atoms with Crippen LogP contribution in [0.4, 0.5) is 0 Å². The number of nitrogens with zero attached hydrogens (tertiary/aromatic N) is 3. The molecule has 33 heavy (non-hydrogen) atoms. The summed E-state index contributed by atoms with van der Waals surface area (Å²) in [4.78, 5) is 15.5. The minimum absolute atomic E-state index is 0.0345. The highest BCUT2D eigenvalue weighted by Gasteiger charge is 2.44. The van der Waals surface area contributed by atoms with Gasteiger partial charge in [-0.05, 0) is 50.1 Å². The van der Waals surface area contributed by atoms with E-state index in [0.29, 0.717) is 22.2 Å².